The normalized spacial score (nSPS) is 15.6. The lowest BCUT2D eigenvalue weighted by atomic mass is 10.2. The third-order valence-electron chi connectivity index (χ3n) is 3.60. The fourth-order valence-electron chi connectivity index (χ4n) is 2.31. The molecule has 1 aromatic rings. The first-order chi connectivity index (χ1) is 12.9. The molecule has 1 heterocycles. The van der Waals surface area contributed by atoms with Crippen LogP contribution in [0.5, 0.6) is 11.5 Å². The fourth-order valence-corrected chi connectivity index (χ4v) is 5.42. The number of thioether (sulfide) groups is 2. The third kappa shape index (κ3) is 6.51. The zero-order valence-electron chi connectivity index (χ0n) is 15.2. The highest BCUT2D eigenvalue weighted by Crippen LogP contribution is 2.45. The number of nitrogens with one attached hydrogen (secondary N) is 1. The Bertz CT molecular complexity index is 724. The molecule has 0 spiro atoms. The van der Waals surface area contributed by atoms with Crippen molar-refractivity contribution in [3.63, 3.8) is 0 Å². The summed E-state index contributed by atoms with van der Waals surface area (Å²) in [4.78, 5) is 23.3. The average Bonchev–Trinajstić information content (AvgIpc) is 3.05. The molecular weight excluding hydrogens is 412 g/mol. The van der Waals surface area contributed by atoms with E-state index >= 15 is 0 Å². The lowest BCUT2D eigenvalue weighted by Gasteiger charge is -2.19. The van der Waals surface area contributed by atoms with E-state index in [0.717, 1.165) is 11.5 Å². The smallest absolute Gasteiger partial charge is 0.343 e. The van der Waals surface area contributed by atoms with Crippen molar-refractivity contribution in [2.45, 2.75) is 17.4 Å². The van der Waals surface area contributed by atoms with Crippen LogP contribution < -0.4 is 14.9 Å². The Morgan fingerprint density at radius 3 is 2.67 bits per heavy atom. The van der Waals surface area contributed by atoms with Gasteiger partial charge in [-0.15, -0.1) is 23.5 Å². The molecule has 1 aliphatic rings. The number of hydrogen-bond donors (Lipinski definition) is 1. The molecule has 148 valence electrons. The van der Waals surface area contributed by atoms with Crippen molar-refractivity contribution in [1.82, 2.24) is 5.43 Å². The van der Waals surface area contributed by atoms with Crippen LogP contribution in [0, 0.1) is 0 Å². The van der Waals surface area contributed by atoms with Crippen molar-refractivity contribution in [1.29, 1.82) is 0 Å². The van der Waals surface area contributed by atoms with E-state index in [2.05, 4.69) is 22.2 Å². The van der Waals surface area contributed by atoms with E-state index in [4.69, 9.17) is 21.1 Å². The monoisotopic (exact) mass is 432 g/mol. The summed E-state index contributed by atoms with van der Waals surface area (Å²) in [5.41, 5.74) is 3.14. The van der Waals surface area contributed by atoms with Crippen molar-refractivity contribution in [3.05, 3.63) is 22.7 Å². The molecule has 0 unspecified atom stereocenters. The van der Waals surface area contributed by atoms with Crippen LogP contribution in [0.1, 0.15) is 18.9 Å². The van der Waals surface area contributed by atoms with Gasteiger partial charge in [-0.2, -0.15) is 5.10 Å². The van der Waals surface area contributed by atoms with Crippen molar-refractivity contribution >= 4 is 53.2 Å². The first kappa shape index (κ1) is 21.7. The molecule has 1 fully saturated rings. The van der Waals surface area contributed by atoms with Gasteiger partial charge in [-0.1, -0.05) is 11.6 Å². The van der Waals surface area contributed by atoms with E-state index in [9.17, 15) is 9.59 Å². The summed E-state index contributed by atoms with van der Waals surface area (Å²) in [6, 6.07) is 3.23. The number of hydrogen-bond acceptors (Lipinski definition) is 8. The highest BCUT2D eigenvalue weighted by molar-refractivity contribution is 8.21. The first-order valence-corrected chi connectivity index (χ1v) is 10.4. The molecule has 7 nitrogen and oxygen atoms in total. The second-order valence-electron chi connectivity index (χ2n) is 5.70. The predicted octanol–water partition coefficient (Wildman–Crippen LogP) is 2.94. The number of methoxy groups -OCH3 is 2. The van der Waals surface area contributed by atoms with E-state index in [1.807, 2.05) is 0 Å². The Kier molecular flexibility index (Phi) is 8.12. The Balaban J connectivity index is 1.99. The van der Waals surface area contributed by atoms with E-state index in [1.54, 1.807) is 35.7 Å². The molecule has 10 heteroatoms. The van der Waals surface area contributed by atoms with Crippen molar-refractivity contribution in [2.24, 2.45) is 5.10 Å². The number of benzene rings is 1. The van der Waals surface area contributed by atoms with Crippen molar-refractivity contribution in [3.8, 4) is 11.5 Å². The van der Waals surface area contributed by atoms with Gasteiger partial charge in [-0.05, 0) is 24.6 Å². The Morgan fingerprint density at radius 1 is 1.33 bits per heavy atom. The summed E-state index contributed by atoms with van der Waals surface area (Å²) >= 11 is 9.78. The number of amides is 1. The van der Waals surface area contributed by atoms with Gasteiger partial charge >= 0.3 is 5.97 Å². The Morgan fingerprint density at radius 2 is 2.04 bits per heavy atom. The zero-order valence-corrected chi connectivity index (χ0v) is 17.6. The first-order valence-electron chi connectivity index (χ1n) is 8.04. The molecule has 0 saturated carbocycles. The summed E-state index contributed by atoms with van der Waals surface area (Å²) in [6.07, 6.45) is 1.86. The molecule has 1 saturated heterocycles. The molecule has 0 radical (unpaired) electrons. The van der Waals surface area contributed by atoms with Gasteiger partial charge in [0, 0.05) is 11.5 Å². The summed E-state index contributed by atoms with van der Waals surface area (Å²) in [5.74, 6) is 2.00. The lowest BCUT2D eigenvalue weighted by Crippen LogP contribution is -2.26. The molecule has 0 bridgehead atoms. The van der Waals surface area contributed by atoms with E-state index in [-0.39, 0.29) is 27.4 Å². The number of halogens is 1. The summed E-state index contributed by atoms with van der Waals surface area (Å²) in [7, 11) is 2.72. The maximum atomic E-state index is 12.1. The van der Waals surface area contributed by atoms with Crippen molar-refractivity contribution in [2.75, 3.05) is 32.3 Å². The minimum absolute atomic E-state index is 0.0925. The zero-order chi connectivity index (χ0) is 19.9. The van der Waals surface area contributed by atoms with E-state index in [1.165, 1.54) is 20.4 Å². The van der Waals surface area contributed by atoms with Crippen LogP contribution in [-0.2, 0) is 14.3 Å². The topological polar surface area (TPSA) is 86.2 Å². The molecule has 1 amide bonds. The van der Waals surface area contributed by atoms with Crippen LogP contribution >= 0.6 is 35.1 Å². The highest BCUT2D eigenvalue weighted by atomic mass is 35.5. The van der Waals surface area contributed by atoms with Gasteiger partial charge in [0.1, 0.15) is 0 Å². The molecule has 0 aliphatic carbocycles. The molecule has 1 aromatic carbocycles. The standard InChI is InChI=1S/C17H21ClN2O5S2/c1-17(26-4-5-27-17)8-14(21)20-19-9-11-6-12(18)16(13(7-11)23-2)25-10-15(22)24-3/h6-7,9H,4-5,8,10H2,1-3H3,(H,20,21)/b19-9-. The minimum atomic E-state index is -0.534. The minimum Gasteiger partial charge on any atom is -0.493 e. The van der Waals surface area contributed by atoms with Crippen LogP contribution in [0.3, 0.4) is 0 Å². The molecule has 1 aliphatic heterocycles. The molecular formula is C17H21ClN2O5S2. The van der Waals surface area contributed by atoms with Gasteiger partial charge in [0.2, 0.25) is 5.91 Å². The van der Waals surface area contributed by atoms with Gasteiger partial charge in [-0.3, -0.25) is 4.79 Å². The summed E-state index contributed by atoms with van der Waals surface area (Å²) in [5, 5.41) is 4.22. The van der Waals surface area contributed by atoms with E-state index < -0.39 is 5.97 Å². The Hall–Kier alpha value is -1.58. The highest BCUT2D eigenvalue weighted by Gasteiger charge is 2.32. The van der Waals surface area contributed by atoms with Crippen LogP contribution in [0.25, 0.3) is 0 Å². The van der Waals surface area contributed by atoms with Crippen molar-refractivity contribution < 1.29 is 23.8 Å². The SMILES string of the molecule is COC(=O)COc1c(Cl)cc(/C=N\NC(=O)CC2(C)SCCS2)cc1OC. The predicted molar refractivity (Wildman–Crippen MR) is 109 cm³/mol. The van der Waals surface area contributed by atoms with Crippen LogP contribution in [0.15, 0.2) is 17.2 Å². The molecule has 1 N–H and O–H groups in total. The van der Waals surface area contributed by atoms with Gasteiger partial charge in [-0.25, -0.2) is 10.2 Å². The van der Waals surface area contributed by atoms with Crippen LogP contribution in [-0.4, -0.2) is 54.5 Å². The number of ether oxygens (including phenoxy) is 3. The maximum absolute atomic E-state index is 12.1. The number of hydrazone groups is 1. The number of carbonyl (C=O) groups is 2. The second kappa shape index (κ2) is 10.1. The molecule has 0 aromatic heterocycles. The quantitative estimate of drug-likeness (QED) is 0.384. The molecule has 0 atom stereocenters. The number of carbonyl (C=O) groups excluding carboxylic acids is 2. The van der Waals surface area contributed by atoms with E-state index in [0.29, 0.717) is 17.7 Å². The number of nitrogens with zero attached hydrogens (tertiary/aromatic N) is 1. The van der Waals surface area contributed by atoms with Crippen LogP contribution in [0.2, 0.25) is 5.02 Å². The van der Waals surface area contributed by atoms with Gasteiger partial charge in [0.15, 0.2) is 18.1 Å². The maximum Gasteiger partial charge on any atom is 0.343 e. The number of esters is 1. The lowest BCUT2D eigenvalue weighted by molar-refractivity contribution is -0.142. The molecule has 27 heavy (non-hydrogen) atoms. The van der Waals surface area contributed by atoms with Gasteiger partial charge in [0.05, 0.1) is 36.0 Å². The largest absolute Gasteiger partial charge is 0.493 e. The number of rotatable bonds is 8. The second-order valence-corrected chi connectivity index (χ2v) is 9.56. The summed E-state index contributed by atoms with van der Waals surface area (Å²) < 4.78 is 15.0. The fraction of sp³-hybridized carbons (Fsp3) is 0.471. The summed E-state index contributed by atoms with van der Waals surface area (Å²) in [6.45, 7) is 1.78. The Labute approximate surface area is 171 Å². The molecule has 2 rings (SSSR count). The average molecular weight is 433 g/mol. The van der Waals surface area contributed by atoms with Gasteiger partial charge in [0.25, 0.3) is 0 Å². The van der Waals surface area contributed by atoms with Gasteiger partial charge < -0.3 is 14.2 Å². The van der Waals surface area contributed by atoms with Crippen LogP contribution in [0.4, 0.5) is 0 Å². The third-order valence-corrected chi connectivity index (χ3v) is 7.17.